The van der Waals surface area contributed by atoms with Crippen LogP contribution in [0.4, 0.5) is 4.79 Å². The summed E-state index contributed by atoms with van der Waals surface area (Å²) < 4.78 is 18.5. The predicted molar refractivity (Wildman–Crippen MR) is 171 cm³/mol. The lowest BCUT2D eigenvalue weighted by molar-refractivity contribution is -0.130. The van der Waals surface area contributed by atoms with E-state index in [1.165, 1.54) is 13.2 Å². The molecule has 0 aromatic heterocycles. The van der Waals surface area contributed by atoms with E-state index in [0.717, 1.165) is 27.7 Å². The molecular weight excluding hydrogens is 680 g/mol. The molecule has 0 atom stereocenters. The maximum Gasteiger partial charge on any atom is 0.331 e. The van der Waals surface area contributed by atoms with Gasteiger partial charge < -0.3 is 14.2 Å². The van der Waals surface area contributed by atoms with Crippen molar-refractivity contribution in [3.63, 3.8) is 0 Å². The van der Waals surface area contributed by atoms with E-state index in [4.69, 9.17) is 14.2 Å². The van der Waals surface area contributed by atoms with E-state index in [9.17, 15) is 14.4 Å². The molecule has 0 bridgehead atoms. The largest absolute Gasteiger partial charge is 0.493 e. The number of hydrogen-bond acceptors (Lipinski definition) is 6. The van der Waals surface area contributed by atoms with Crippen LogP contribution in [0.15, 0.2) is 87.3 Å². The zero-order chi connectivity index (χ0) is 30.5. The standard InChI is InChI=1S/C33H28Br2N2O6/c1-3-13-42-28-12-11-20(17-29(28)41-2)18-37-32(39)25(31(38)36-33(37)40)14-21-15-26(34)30(27(35)16-21)43-19-23-9-6-8-22-7-4-5-10-24(22)23/h4-12,14-17H,3,13,18-19H2,1-2H3,(H,36,38,40)/b25-14+. The van der Waals surface area contributed by atoms with Crippen LogP contribution in [0.5, 0.6) is 17.2 Å². The third-order valence-electron chi connectivity index (χ3n) is 6.80. The normalized spacial score (nSPS) is 14.3. The van der Waals surface area contributed by atoms with Gasteiger partial charge in [0.1, 0.15) is 17.9 Å². The zero-order valence-electron chi connectivity index (χ0n) is 23.5. The summed E-state index contributed by atoms with van der Waals surface area (Å²) >= 11 is 7.12. The quantitative estimate of drug-likeness (QED) is 0.136. The van der Waals surface area contributed by atoms with E-state index in [0.29, 0.717) is 50.5 Å². The van der Waals surface area contributed by atoms with Gasteiger partial charge in [-0.2, -0.15) is 0 Å². The summed E-state index contributed by atoms with van der Waals surface area (Å²) in [6.45, 7) is 2.81. The highest BCUT2D eigenvalue weighted by Crippen LogP contribution is 2.37. The molecule has 1 heterocycles. The van der Waals surface area contributed by atoms with Crippen molar-refractivity contribution in [1.29, 1.82) is 0 Å². The number of rotatable bonds is 10. The molecule has 4 aromatic carbocycles. The number of fused-ring (bicyclic) bond motifs is 1. The van der Waals surface area contributed by atoms with Gasteiger partial charge in [0.25, 0.3) is 11.8 Å². The smallest absolute Gasteiger partial charge is 0.331 e. The summed E-state index contributed by atoms with van der Waals surface area (Å²) in [7, 11) is 1.52. The molecule has 1 aliphatic rings. The van der Waals surface area contributed by atoms with E-state index in [2.05, 4.69) is 55.4 Å². The molecule has 1 saturated heterocycles. The summed E-state index contributed by atoms with van der Waals surface area (Å²) in [5.74, 6) is 0.156. The Hall–Kier alpha value is -4.15. The van der Waals surface area contributed by atoms with Crippen LogP contribution in [0.3, 0.4) is 0 Å². The van der Waals surface area contributed by atoms with Crippen molar-refractivity contribution < 1.29 is 28.6 Å². The molecular formula is C33H28Br2N2O6. The number of imide groups is 2. The van der Waals surface area contributed by atoms with Crippen LogP contribution in [0, 0.1) is 0 Å². The first kappa shape index (κ1) is 30.3. The Morgan fingerprint density at radius 3 is 2.37 bits per heavy atom. The predicted octanol–water partition coefficient (Wildman–Crippen LogP) is 7.40. The number of carbonyl (C=O) groups excluding carboxylic acids is 3. The minimum absolute atomic E-state index is 0.0615. The number of urea groups is 1. The van der Waals surface area contributed by atoms with Crippen LogP contribution in [0.2, 0.25) is 0 Å². The van der Waals surface area contributed by atoms with Crippen molar-refractivity contribution in [2.45, 2.75) is 26.5 Å². The average Bonchev–Trinajstić information content (AvgIpc) is 3.00. The number of nitrogens with one attached hydrogen (secondary N) is 1. The second-order valence-corrected chi connectivity index (χ2v) is 11.5. The molecule has 1 aliphatic heterocycles. The zero-order valence-corrected chi connectivity index (χ0v) is 26.7. The first-order valence-electron chi connectivity index (χ1n) is 13.6. The van der Waals surface area contributed by atoms with Crippen LogP contribution in [-0.4, -0.2) is 36.5 Å². The molecule has 1 N–H and O–H groups in total. The molecule has 5 rings (SSSR count). The second-order valence-electron chi connectivity index (χ2n) is 9.78. The molecule has 0 spiro atoms. The number of benzene rings is 4. The summed E-state index contributed by atoms with van der Waals surface area (Å²) in [5, 5.41) is 4.51. The Balaban J connectivity index is 1.35. The third kappa shape index (κ3) is 6.76. The monoisotopic (exact) mass is 706 g/mol. The van der Waals surface area contributed by atoms with Gasteiger partial charge in [0.2, 0.25) is 0 Å². The molecule has 1 fully saturated rings. The summed E-state index contributed by atoms with van der Waals surface area (Å²) in [5.41, 5.74) is 2.06. The molecule has 0 aliphatic carbocycles. The highest BCUT2D eigenvalue weighted by molar-refractivity contribution is 9.11. The highest BCUT2D eigenvalue weighted by atomic mass is 79.9. The summed E-state index contributed by atoms with van der Waals surface area (Å²) in [6.07, 6.45) is 2.29. The number of nitrogens with zero attached hydrogens (tertiary/aromatic N) is 1. The van der Waals surface area contributed by atoms with Gasteiger partial charge >= 0.3 is 6.03 Å². The second kappa shape index (κ2) is 13.4. The molecule has 4 aromatic rings. The van der Waals surface area contributed by atoms with Crippen LogP contribution < -0.4 is 19.5 Å². The molecule has 10 heteroatoms. The number of ether oxygens (including phenoxy) is 3. The third-order valence-corrected chi connectivity index (χ3v) is 7.98. The minimum Gasteiger partial charge on any atom is -0.493 e. The maximum atomic E-state index is 13.4. The Morgan fingerprint density at radius 1 is 0.884 bits per heavy atom. The van der Waals surface area contributed by atoms with Crippen molar-refractivity contribution in [3.05, 3.63) is 104 Å². The van der Waals surface area contributed by atoms with E-state index >= 15 is 0 Å². The van der Waals surface area contributed by atoms with Gasteiger partial charge in [-0.1, -0.05) is 55.5 Å². The van der Waals surface area contributed by atoms with Crippen LogP contribution in [-0.2, 0) is 22.7 Å². The molecule has 0 unspecified atom stereocenters. The van der Waals surface area contributed by atoms with Crippen molar-refractivity contribution in [3.8, 4) is 17.2 Å². The first-order valence-corrected chi connectivity index (χ1v) is 15.1. The molecule has 0 radical (unpaired) electrons. The molecule has 220 valence electrons. The molecule has 8 nitrogen and oxygen atoms in total. The first-order chi connectivity index (χ1) is 20.8. The lowest BCUT2D eigenvalue weighted by Crippen LogP contribution is -2.53. The van der Waals surface area contributed by atoms with Crippen molar-refractivity contribution in [1.82, 2.24) is 10.2 Å². The van der Waals surface area contributed by atoms with Gasteiger partial charge in [0.15, 0.2) is 11.5 Å². The molecule has 43 heavy (non-hydrogen) atoms. The van der Waals surface area contributed by atoms with Crippen molar-refractivity contribution in [2.75, 3.05) is 13.7 Å². The average molecular weight is 708 g/mol. The van der Waals surface area contributed by atoms with Gasteiger partial charge in [-0.05, 0) is 96.1 Å². The van der Waals surface area contributed by atoms with Gasteiger partial charge in [0.05, 0.1) is 29.2 Å². The molecule has 4 amide bonds. The fourth-order valence-corrected chi connectivity index (χ4v) is 6.15. The Morgan fingerprint density at radius 2 is 1.63 bits per heavy atom. The Labute approximate surface area is 265 Å². The SMILES string of the molecule is CCCOc1ccc(CN2C(=O)NC(=O)/C(=C\c3cc(Br)c(OCc4cccc5ccccc45)c(Br)c3)C2=O)cc1OC. The van der Waals surface area contributed by atoms with Gasteiger partial charge in [-0.15, -0.1) is 0 Å². The molecule has 0 saturated carbocycles. The maximum absolute atomic E-state index is 13.4. The van der Waals surface area contributed by atoms with Gasteiger partial charge in [-0.25, -0.2) is 4.79 Å². The Bertz CT molecular complexity index is 1720. The van der Waals surface area contributed by atoms with Crippen molar-refractivity contribution >= 4 is 66.6 Å². The number of barbiturate groups is 1. The fourth-order valence-electron chi connectivity index (χ4n) is 4.70. The number of halogens is 2. The van der Waals surface area contributed by atoms with E-state index < -0.39 is 17.8 Å². The van der Waals surface area contributed by atoms with Gasteiger partial charge in [-0.3, -0.25) is 19.8 Å². The Kier molecular flexibility index (Phi) is 9.47. The van der Waals surface area contributed by atoms with Crippen LogP contribution >= 0.6 is 31.9 Å². The van der Waals surface area contributed by atoms with Crippen molar-refractivity contribution in [2.24, 2.45) is 0 Å². The van der Waals surface area contributed by atoms with E-state index in [1.54, 1.807) is 30.3 Å². The number of amides is 4. The van der Waals surface area contributed by atoms with E-state index in [-0.39, 0.29) is 12.1 Å². The number of hydrogen-bond donors (Lipinski definition) is 1. The number of methoxy groups -OCH3 is 1. The lowest BCUT2D eigenvalue weighted by Gasteiger charge is -2.26. The van der Waals surface area contributed by atoms with E-state index in [1.807, 2.05) is 31.2 Å². The topological polar surface area (TPSA) is 94.2 Å². The van der Waals surface area contributed by atoms with Gasteiger partial charge in [0, 0.05) is 0 Å². The highest BCUT2D eigenvalue weighted by Gasteiger charge is 2.36. The number of carbonyl (C=O) groups is 3. The summed E-state index contributed by atoms with van der Waals surface area (Å²) in [4.78, 5) is 39.8. The lowest BCUT2D eigenvalue weighted by atomic mass is 10.1. The van der Waals surface area contributed by atoms with Crippen LogP contribution in [0.1, 0.15) is 30.0 Å². The van der Waals surface area contributed by atoms with Crippen LogP contribution in [0.25, 0.3) is 16.8 Å². The minimum atomic E-state index is -0.794. The summed E-state index contributed by atoms with van der Waals surface area (Å²) in [6, 6.07) is 22.1. The fraction of sp³-hybridized carbons (Fsp3) is 0.182.